The van der Waals surface area contributed by atoms with E-state index in [1.54, 1.807) is 12.1 Å². The normalized spacial score (nSPS) is 24.5. The van der Waals surface area contributed by atoms with E-state index in [0.29, 0.717) is 48.6 Å². The number of fused-ring (bicyclic) bond motifs is 2. The number of benzene rings is 1. The number of carbonyl (C=O) groups excluding carboxylic acids is 1. The number of nitrogens with one attached hydrogen (secondary N) is 1. The number of hydrogen-bond donors (Lipinski definition) is 1. The van der Waals surface area contributed by atoms with Gasteiger partial charge in [-0.25, -0.2) is 0 Å². The van der Waals surface area contributed by atoms with Crippen molar-refractivity contribution in [2.75, 3.05) is 19.8 Å². The van der Waals surface area contributed by atoms with Crippen molar-refractivity contribution in [3.63, 3.8) is 0 Å². The van der Waals surface area contributed by atoms with Crippen LogP contribution in [0.1, 0.15) is 63.7 Å². The molecule has 1 N–H and O–H groups in total. The van der Waals surface area contributed by atoms with Crippen LogP contribution in [0.4, 0.5) is 0 Å². The molecule has 2 fully saturated rings. The summed E-state index contributed by atoms with van der Waals surface area (Å²) >= 11 is 0. The zero-order chi connectivity index (χ0) is 19.4. The van der Waals surface area contributed by atoms with Crippen molar-refractivity contribution < 1.29 is 19.0 Å². The maximum atomic E-state index is 12.9. The highest BCUT2D eigenvalue weighted by molar-refractivity contribution is 5.95. The highest BCUT2D eigenvalue weighted by Gasteiger charge is 2.42. The molecule has 5 heteroatoms. The van der Waals surface area contributed by atoms with Gasteiger partial charge in [-0.1, -0.05) is 6.42 Å². The van der Waals surface area contributed by atoms with Crippen molar-refractivity contribution in [3.8, 4) is 17.2 Å². The van der Waals surface area contributed by atoms with Gasteiger partial charge in [-0.05, 0) is 76.8 Å². The first-order chi connectivity index (χ1) is 13.1. The van der Waals surface area contributed by atoms with Gasteiger partial charge in [-0.3, -0.25) is 4.79 Å². The summed E-state index contributed by atoms with van der Waals surface area (Å²) in [7, 11) is 0. The Morgan fingerprint density at radius 2 is 1.67 bits per heavy atom. The summed E-state index contributed by atoms with van der Waals surface area (Å²) in [6.45, 7) is 9.40. The quantitative estimate of drug-likeness (QED) is 0.693. The summed E-state index contributed by atoms with van der Waals surface area (Å²) in [5, 5.41) is 3.22. The fraction of sp³-hybridized carbons (Fsp3) is 0.682. The van der Waals surface area contributed by atoms with Gasteiger partial charge in [-0.2, -0.15) is 0 Å². The predicted octanol–water partition coefficient (Wildman–Crippen LogP) is 4.44. The molecule has 1 aromatic carbocycles. The third kappa shape index (κ3) is 4.33. The Balaban J connectivity index is 1.78. The van der Waals surface area contributed by atoms with E-state index in [9.17, 15) is 4.79 Å². The molecule has 150 valence electrons. The number of rotatable bonds is 9. The van der Waals surface area contributed by atoms with Crippen LogP contribution in [0.25, 0.3) is 0 Å². The van der Waals surface area contributed by atoms with Gasteiger partial charge < -0.3 is 19.5 Å². The van der Waals surface area contributed by atoms with Crippen LogP contribution in [0, 0.1) is 17.8 Å². The summed E-state index contributed by atoms with van der Waals surface area (Å²) in [5.41, 5.74) is 0.556. The lowest BCUT2D eigenvalue weighted by molar-refractivity contribution is 0.0914. The van der Waals surface area contributed by atoms with E-state index in [-0.39, 0.29) is 11.9 Å². The lowest BCUT2D eigenvalue weighted by Crippen LogP contribution is -2.40. The first kappa shape index (κ1) is 19.8. The average molecular weight is 376 g/mol. The van der Waals surface area contributed by atoms with Crippen molar-refractivity contribution in [1.82, 2.24) is 5.32 Å². The van der Waals surface area contributed by atoms with Crippen LogP contribution < -0.4 is 19.5 Å². The lowest BCUT2D eigenvalue weighted by atomic mass is 9.84. The average Bonchev–Trinajstić information content (AvgIpc) is 3.28. The number of carbonyl (C=O) groups is 1. The van der Waals surface area contributed by atoms with Crippen LogP contribution in [-0.2, 0) is 0 Å². The summed E-state index contributed by atoms with van der Waals surface area (Å²) in [6.07, 6.45) is 5.29. The van der Waals surface area contributed by atoms with Crippen LogP contribution in [0.5, 0.6) is 17.2 Å². The molecule has 27 heavy (non-hydrogen) atoms. The maximum absolute atomic E-state index is 12.9. The standard InChI is InChI=1S/C22H33NO4/c1-5-25-19-12-17(13-20(26-6-2)21(19)27-7-3)22(24)23-14(4)18-11-15-8-9-16(18)10-15/h12-16,18H,5-11H2,1-4H3,(H,23,24)/t14-,15-,16+,18-/m0/s1. The molecule has 1 amide bonds. The van der Waals surface area contributed by atoms with Crippen LogP contribution in [0.15, 0.2) is 12.1 Å². The SMILES string of the molecule is CCOc1cc(C(=O)N[C@@H](C)[C@@H]2C[C@H]3CC[C@@H]2C3)cc(OCC)c1OCC. The summed E-state index contributed by atoms with van der Waals surface area (Å²) in [4.78, 5) is 12.9. The van der Waals surface area contributed by atoms with Gasteiger partial charge in [0.2, 0.25) is 5.75 Å². The van der Waals surface area contributed by atoms with Crippen LogP contribution >= 0.6 is 0 Å². The summed E-state index contributed by atoms with van der Waals surface area (Å²) in [6, 6.07) is 3.71. The van der Waals surface area contributed by atoms with Gasteiger partial charge in [0.15, 0.2) is 11.5 Å². The molecule has 2 saturated carbocycles. The zero-order valence-electron chi connectivity index (χ0n) is 17.0. The van der Waals surface area contributed by atoms with E-state index < -0.39 is 0 Å². The van der Waals surface area contributed by atoms with E-state index in [4.69, 9.17) is 14.2 Å². The Morgan fingerprint density at radius 3 is 2.15 bits per heavy atom. The molecule has 5 nitrogen and oxygen atoms in total. The molecule has 0 unspecified atom stereocenters. The highest BCUT2D eigenvalue weighted by Crippen LogP contribution is 2.49. The Kier molecular flexibility index (Phi) is 6.51. The molecule has 4 atom stereocenters. The zero-order valence-corrected chi connectivity index (χ0v) is 17.0. The largest absolute Gasteiger partial charge is 0.490 e. The molecule has 0 saturated heterocycles. The predicted molar refractivity (Wildman–Crippen MR) is 106 cm³/mol. The summed E-state index contributed by atoms with van der Waals surface area (Å²) in [5.74, 6) is 3.87. The molecule has 2 bridgehead atoms. The Labute approximate surface area is 162 Å². The van der Waals surface area contributed by atoms with Crippen molar-refractivity contribution >= 4 is 5.91 Å². The van der Waals surface area contributed by atoms with Gasteiger partial charge >= 0.3 is 0 Å². The third-order valence-electron chi connectivity index (χ3n) is 5.97. The van der Waals surface area contributed by atoms with Gasteiger partial charge in [-0.15, -0.1) is 0 Å². The second-order valence-electron chi connectivity index (χ2n) is 7.70. The van der Waals surface area contributed by atoms with Crippen LogP contribution in [-0.4, -0.2) is 31.8 Å². The molecule has 0 radical (unpaired) electrons. The maximum Gasteiger partial charge on any atom is 0.251 e. The van der Waals surface area contributed by atoms with Gasteiger partial charge in [0.1, 0.15) is 0 Å². The Hall–Kier alpha value is -1.91. The number of hydrogen-bond acceptors (Lipinski definition) is 4. The summed E-state index contributed by atoms with van der Waals surface area (Å²) < 4.78 is 17.2. The fourth-order valence-electron chi connectivity index (χ4n) is 4.82. The van der Waals surface area contributed by atoms with Crippen LogP contribution in [0.2, 0.25) is 0 Å². The minimum Gasteiger partial charge on any atom is -0.490 e. The van der Waals surface area contributed by atoms with E-state index in [2.05, 4.69) is 12.2 Å². The molecule has 0 aliphatic heterocycles. The van der Waals surface area contributed by atoms with Gasteiger partial charge in [0.05, 0.1) is 19.8 Å². The smallest absolute Gasteiger partial charge is 0.251 e. The number of ether oxygens (including phenoxy) is 3. The van der Waals surface area contributed by atoms with Crippen LogP contribution in [0.3, 0.4) is 0 Å². The minimum absolute atomic E-state index is 0.0739. The van der Waals surface area contributed by atoms with E-state index in [1.165, 1.54) is 25.7 Å². The molecule has 0 aromatic heterocycles. The molecule has 2 aliphatic rings. The first-order valence-corrected chi connectivity index (χ1v) is 10.4. The minimum atomic E-state index is -0.0739. The van der Waals surface area contributed by atoms with E-state index in [1.807, 2.05) is 20.8 Å². The molecular weight excluding hydrogens is 342 g/mol. The number of amides is 1. The molecular formula is C22H33NO4. The third-order valence-corrected chi connectivity index (χ3v) is 5.97. The Bertz CT molecular complexity index is 633. The topological polar surface area (TPSA) is 56.8 Å². The van der Waals surface area contributed by atoms with Crippen molar-refractivity contribution in [3.05, 3.63) is 17.7 Å². The molecule has 2 aliphatic carbocycles. The van der Waals surface area contributed by atoms with E-state index >= 15 is 0 Å². The second kappa shape index (κ2) is 8.85. The van der Waals surface area contributed by atoms with Gasteiger partial charge in [0.25, 0.3) is 5.91 Å². The Morgan fingerprint density at radius 1 is 1.04 bits per heavy atom. The molecule has 1 aromatic rings. The first-order valence-electron chi connectivity index (χ1n) is 10.4. The van der Waals surface area contributed by atoms with Crippen molar-refractivity contribution in [2.24, 2.45) is 17.8 Å². The van der Waals surface area contributed by atoms with Crippen molar-refractivity contribution in [2.45, 2.75) is 59.4 Å². The lowest BCUT2D eigenvalue weighted by Gasteiger charge is -2.28. The highest BCUT2D eigenvalue weighted by atomic mass is 16.5. The molecule has 0 heterocycles. The van der Waals surface area contributed by atoms with E-state index in [0.717, 1.165) is 11.8 Å². The fourth-order valence-corrected chi connectivity index (χ4v) is 4.82. The second-order valence-corrected chi connectivity index (χ2v) is 7.70. The molecule has 0 spiro atoms. The monoisotopic (exact) mass is 375 g/mol. The van der Waals surface area contributed by atoms with Crippen molar-refractivity contribution in [1.29, 1.82) is 0 Å². The molecule has 3 rings (SSSR count). The van der Waals surface area contributed by atoms with Gasteiger partial charge in [0, 0.05) is 11.6 Å².